The van der Waals surface area contributed by atoms with Crippen LogP contribution >= 0.6 is 11.6 Å². The molecule has 2 unspecified atom stereocenters. The number of hydrogen-bond acceptors (Lipinski definition) is 2. The molecule has 0 aliphatic heterocycles. The minimum atomic E-state index is -1.04. The van der Waals surface area contributed by atoms with Gasteiger partial charge in [-0.05, 0) is 62.0 Å². The van der Waals surface area contributed by atoms with Crippen LogP contribution in [0.4, 0.5) is 4.39 Å². The molecule has 0 saturated carbocycles. The molecule has 0 bridgehead atoms. The van der Waals surface area contributed by atoms with Crippen LogP contribution in [0.25, 0.3) is 6.08 Å². The molecule has 0 spiro atoms. The van der Waals surface area contributed by atoms with Gasteiger partial charge >= 0.3 is 0 Å². The van der Waals surface area contributed by atoms with E-state index in [2.05, 4.69) is 4.90 Å². The lowest BCUT2D eigenvalue weighted by Gasteiger charge is -2.37. The van der Waals surface area contributed by atoms with Crippen LogP contribution in [0.3, 0.4) is 0 Å². The van der Waals surface area contributed by atoms with Gasteiger partial charge in [-0.1, -0.05) is 48.9 Å². The molecule has 0 aliphatic carbocycles. The Bertz CT molecular complexity index is 757. The highest BCUT2D eigenvalue weighted by Crippen LogP contribution is 2.32. The van der Waals surface area contributed by atoms with Crippen molar-refractivity contribution in [1.29, 1.82) is 0 Å². The second kappa shape index (κ2) is 8.81. The molecule has 2 atom stereocenters. The number of rotatable bonds is 7. The summed E-state index contributed by atoms with van der Waals surface area (Å²) in [7, 11) is 3.99. The van der Waals surface area contributed by atoms with Gasteiger partial charge in [0.1, 0.15) is 5.82 Å². The number of hydrogen-bond donors (Lipinski definition) is 1. The molecule has 0 radical (unpaired) electrons. The summed E-state index contributed by atoms with van der Waals surface area (Å²) in [6.07, 6.45) is 2.39. The summed E-state index contributed by atoms with van der Waals surface area (Å²) in [6, 6.07) is 13.9. The molecule has 26 heavy (non-hydrogen) atoms. The molecule has 0 fully saturated rings. The normalized spacial score (nSPS) is 15.8. The minimum absolute atomic E-state index is 0.00631. The van der Waals surface area contributed by atoms with E-state index in [4.69, 9.17) is 11.6 Å². The van der Waals surface area contributed by atoms with Crippen molar-refractivity contribution in [2.75, 3.05) is 20.6 Å². The molecule has 0 saturated heterocycles. The molecule has 2 nitrogen and oxygen atoms in total. The van der Waals surface area contributed by atoms with Crippen molar-refractivity contribution < 1.29 is 9.50 Å². The standard InChI is InChI=1S/C22H27ClFNO/c1-16(12-18-8-10-21(24)11-9-18)22(26,17(2)15-25(3)4)14-19-6-5-7-20(23)13-19/h5-13,17,26H,14-15H2,1-4H3/b16-12+. The molecule has 2 aromatic rings. The zero-order chi connectivity index (χ0) is 19.3. The van der Waals surface area contributed by atoms with Crippen LogP contribution in [0, 0.1) is 11.7 Å². The van der Waals surface area contributed by atoms with Crippen molar-refractivity contribution in [3.63, 3.8) is 0 Å². The Labute approximate surface area is 160 Å². The predicted octanol–water partition coefficient (Wildman–Crippen LogP) is 5.05. The van der Waals surface area contributed by atoms with Crippen LogP contribution in [0.2, 0.25) is 5.02 Å². The molecule has 0 aromatic heterocycles. The van der Waals surface area contributed by atoms with Gasteiger partial charge in [-0.15, -0.1) is 0 Å². The first-order valence-corrected chi connectivity index (χ1v) is 9.14. The second-order valence-electron chi connectivity index (χ2n) is 7.27. The number of aliphatic hydroxyl groups is 1. The SMILES string of the molecule is C/C(=C\c1ccc(F)cc1)C(O)(Cc1cccc(Cl)c1)C(C)CN(C)C. The summed E-state index contributed by atoms with van der Waals surface area (Å²) in [6.45, 7) is 4.72. The maximum atomic E-state index is 13.2. The third kappa shape index (κ3) is 5.41. The lowest BCUT2D eigenvalue weighted by Crippen LogP contribution is -2.44. The third-order valence-electron chi connectivity index (χ3n) is 4.75. The van der Waals surface area contributed by atoms with E-state index in [1.165, 1.54) is 12.1 Å². The largest absolute Gasteiger partial charge is 0.385 e. The highest BCUT2D eigenvalue weighted by atomic mass is 35.5. The summed E-state index contributed by atoms with van der Waals surface area (Å²) < 4.78 is 13.2. The van der Waals surface area contributed by atoms with Crippen LogP contribution in [0.1, 0.15) is 25.0 Å². The Balaban J connectivity index is 2.39. The summed E-state index contributed by atoms with van der Waals surface area (Å²) in [5, 5.41) is 12.3. The first kappa shape index (κ1) is 20.6. The maximum absolute atomic E-state index is 13.2. The number of nitrogens with zero attached hydrogens (tertiary/aromatic N) is 1. The van der Waals surface area contributed by atoms with E-state index in [1.807, 2.05) is 58.3 Å². The van der Waals surface area contributed by atoms with Gasteiger partial charge < -0.3 is 10.0 Å². The molecule has 0 aliphatic rings. The molecule has 2 aromatic carbocycles. The Morgan fingerprint density at radius 1 is 1.23 bits per heavy atom. The van der Waals surface area contributed by atoms with Gasteiger partial charge in [-0.2, -0.15) is 0 Å². The van der Waals surface area contributed by atoms with Crippen molar-refractivity contribution in [3.05, 3.63) is 76.1 Å². The van der Waals surface area contributed by atoms with E-state index < -0.39 is 5.60 Å². The van der Waals surface area contributed by atoms with Crippen LogP contribution in [-0.4, -0.2) is 36.2 Å². The van der Waals surface area contributed by atoms with E-state index in [1.54, 1.807) is 12.1 Å². The van der Waals surface area contributed by atoms with Crippen molar-refractivity contribution in [1.82, 2.24) is 4.90 Å². The highest BCUT2D eigenvalue weighted by Gasteiger charge is 2.36. The molecular formula is C22H27ClFNO. The lowest BCUT2D eigenvalue weighted by atomic mass is 9.77. The number of halogens is 2. The van der Waals surface area contributed by atoms with Crippen molar-refractivity contribution in [2.24, 2.45) is 5.92 Å². The van der Waals surface area contributed by atoms with E-state index in [0.717, 1.165) is 23.2 Å². The summed E-state index contributed by atoms with van der Waals surface area (Å²) >= 11 is 6.12. The molecule has 0 amide bonds. The van der Waals surface area contributed by atoms with Gasteiger partial charge in [0.2, 0.25) is 0 Å². The predicted molar refractivity (Wildman–Crippen MR) is 108 cm³/mol. The Morgan fingerprint density at radius 3 is 2.46 bits per heavy atom. The van der Waals surface area contributed by atoms with Crippen molar-refractivity contribution >= 4 is 17.7 Å². The second-order valence-corrected chi connectivity index (χ2v) is 7.71. The quantitative estimate of drug-likeness (QED) is 0.731. The van der Waals surface area contributed by atoms with Gasteiger partial charge in [0.15, 0.2) is 0 Å². The molecule has 1 N–H and O–H groups in total. The van der Waals surface area contributed by atoms with Crippen LogP contribution in [0.15, 0.2) is 54.1 Å². The Hall–Kier alpha value is -1.68. The van der Waals surface area contributed by atoms with Crippen LogP contribution in [0.5, 0.6) is 0 Å². The van der Waals surface area contributed by atoms with Gasteiger partial charge in [0.25, 0.3) is 0 Å². The molecule has 2 rings (SSSR count). The molecule has 0 heterocycles. The van der Waals surface area contributed by atoms with Crippen LogP contribution in [-0.2, 0) is 6.42 Å². The van der Waals surface area contributed by atoms with E-state index in [-0.39, 0.29) is 11.7 Å². The lowest BCUT2D eigenvalue weighted by molar-refractivity contribution is 0.0150. The summed E-state index contributed by atoms with van der Waals surface area (Å²) in [4.78, 5) is 2.07. The minimum Gasteiger partial charge on any atom is -0.385 e. The van der Waals surface area contributed by atoms with E-state index in [0.29, 0.717) is 11.4 Å². The average molecular weight is 376 g/mol. The Morgan fingerprint density at radius 2 is 1.88 bits per heavy atom. The molecule has 4 heteroatoms. The smallest absolute Gasteiger partial charge is 0.123 e. The monoisotopic (exact) mass is 375 g/mol. The van der Waals surface area contributed by atoms with Crippen molar-refractivity contribution in [2.45, 2.75) is 25.9 Å². The number of benzene rings is 2. The van der Waals surface area contributed by atoms with Crippen LogP contribution < -0.4 is 0 Å². The zero-order valence-corrected chi connectivity index (χ0v) is 16.6. The maximum Gasteiger partial charge on any atom is 0.123 e. The fraction of sp³-hybridized carbons (Fsp3) is 0.364. The van der Waals surface area contributed by atoms with E-state index in [9.17, 15) is 9.50 Å². The van der Waals surface area contributed by atoms with Gasteiger partial charge in [-0.3, -0.25) is 0 Å². The topological polar surface area (TPSA) is 23.5 Å². The van der Waals surface area contributed by atoms with E-state index >= 15 is 0 Å². The summed E-state index contributed by atoms with van der Waals surface area (Å²) in [5.41, 5.74) is 1.66. The first-order chi connectivity index (χ1) is 12.2. The average Bonchev–Trinajstić information content (AvgIpc) is 2.56. The third-order valence-corrected chi connectivity index (χ3v) is 4.99. The van der Waals surface area contributed by atoms with Crippen molar-refractivity contribution in [3.8, 4) is 0 Å². The molecular weight excluding hydrogens is 349 g/mol. The van der Waals surface area contributed by atoms with Gasteiger partial charge in [0, 0.05) is 23.9 Å². The molecule has 140 valence electrons. The highest BCUT2D eigenvalue weighted by molar-refractivity contribution is 6.30. The summed E-state index contributed by atoms with van der Waals surface area (Å²) in [5.74, 6) is -0.275. The zero-order valence-electron chi connectivity index (χ0n) is 15.8. The van der Waals surface area contributed by atoms with Gasteiger partial charge in [-0.25, -0.2) is 4.39 Å². The first-order valence-electron chi connectivity index (χ1n) is 8.76. The fourth-order valence-electron chi connectivity index (χ4n) is 3.29. The van der Waals surface area contributed by atoms with Gasteiger partial charge in [0.05, 0.1) is 5.60 Å². The Kier molecular flexibility index (Phi) is 6.99. The fourth-order valence-corrected chi connectivity index (χ4v) is 3.51.